The molecular weight excluding hydrogens is 200 g/mol. The molecule has 13 heavy (non-hydrogen) atoms. The van der Waals surface area contributed by atoms with Gasteiger partial charge in [-0.1, -0.05) is 0 Å². The lowest BCUT2D eigenvalue weighted by atomic mass is 10.3. The largest absolute Gasteiger partial charge is 0.466 e. The highest BCUT2D eigenvalue weighted by molar-refractivity contribution is 6.63. The Balaban J connectivity index is 4.26. The lowest BCUT2D eigenvalue weighted by Crippen LogP contribution is -2.29. The molecule has 0 aliphatic rings. The third-order valence-corrected chi connectivity index (χ3v) is 1.27. The maximum Gasteiger partial charge on any atom is 0.347 e. The van der Waals surface area contributed by atoms with Crippen LogP contribution in [0.4, 0.5) is 0 Å². The SMILES string of the molecule is COC(=O)C(CC(=O)Cl)OC(C)=O. The number of carbonyl (C=O) groups is 3. The molecule has 0 bridgehead atoms. The van der Waals surface area contributed by atoms with Crippen LogP contribution in [0, 0.1) is 0 Å². The molecule has 0 saturated carbocycles. The molecule has 0 fully saturated rings. The van der Waals surface area contributed by atoms with Gasteiger partial charge in [-0.15, -0.1) is 0 Å². The second-order valence-electron chi connectivity index (χ2n) is 2.18. The Morgan fingerprint density at radius 3 is 2.23 bits per heavy atom. The van der Waals surface area contributed by atoms with E-state index in [0.717, 1.165) is 14.0 Å². The lowest BCUT2D eigenvalue weighted by molar-refractivity contribution is -0.165. The number of hydrogen-bond acceptors (Lipinski definition) is 5. The third kappa shape index (κ3) is 5.19. The van der Waals surface area contributed by atoms with Crippen LogP contribution in [0.25, 0.3) is 0 Å². The van der Waals surface area contributed by atoms with Crippen LogP contribution in [-0.4, -0.2) is 30.4 Å². The second-order valence-corrected chi connectivity index (χ2v) is 2.60. The highest BCUT2D eigenvalue weighted by Gasteiger charge is 2.24. The highest BCUT2D eigenvalue weighted by Crippen LogP contribution is 2.04. The van der Waals surface area contributed by atoms with Gasteiger partial charge in [0.1, 0.15) is 0 Å². The molecule has 74 valence electrons. The van der Waals surface area contributed by atoms with Crippen molar-refractivity contribution in [2.75, 3.05) is 7.11 Å². The summed E-state index contributed by atoms with van der Waals surface area (Å²) in [6, 6.07) is 0. The summed E-state index contributed by atoms with van der Waals surface area (Å²) in [4.78, 5) is 31.8. The molecule has 0 aromatic carbocycles. The van der Waals surface area contributed by atoms with E-state index in [4.69, 9.17) is 11.6 Å². The smallest absolute Gasteiger partial charge is 0.347 e. The fourth-order valence-corrected chi connectivity index (χ4v) is 0.791. The summed E-state index contributed by atoms with van der Waals surface area (Å²) in [6.07, 6.45) is -1.62. The van der Waals surface area contributed by atoms with Gasteiger partial charge in [0, 0.05) is 6.92 Å². The summed E-state index contributed by atoms with van der Waals surface area (Å²) in [5, 5.41) is -0.767. The number of ether oxygens (including phenoxy) is 2. The second kappa shape index (κ2) is 5.53. The molecule has 0 heterocycles. The van der Waals surface area contributed by atoms with Gasteiger partial charge < -0.3 is 9.47 Å². The van der Waals surface area contributed by atoms with Crippen LogP contribution >= 0.6 is 11.6 Å². The fourth-order valence-electron chi connectivity index (χ4n) is 0.651. The van der Waals surface area contributed by atoms with Crippen molar-refractivity contribution in [1.29, 1.82) is 0 Å². The van der Waals surface area contributed by atoms with Crippen molar-refractivity contribution in [1.82, 2.24) is 0 Å². The van der Waals surface area contributed by atoms with E-state index in [1.165, 1.54) is 0 Å². The van der Waals surface area contributed by atoms with Crippen LogP contribution in [0.5, 0.6) is 0 Å². The minimum atomic E-state index is -1.24. The Morgan fingerprint density at radius 2 is 1.92 bits per heavy atom. The maximum atomic E-state index is 10.9. The van der Waals surface area contributed by atoms with Gasteiger partial charge >= 0.3 is 11.9 Å². The molecule has 0 amide bonds. The monoisotopic (exact) mass is 208 g/mol. The zero-order valence-corrected chi connectivity index (χ0v) is 7.96. The zero-order chi connectivity index (χ0) is 10.4. The van der Waals surface area contributed by atoms with Gasteiger partial charge in [0.2, 0.25) is 11.3 Å². The third-order valence-electron chi connectivity index (χ3n) is 1.12. The van der Waals surface area contributed by atoms with E-state index < -0.39 is 23.3 Å². The molecule has 0 aromatic rings. The van der Waals surface area contributed by atoms with Gasteiger partial charge in [-0.3, -0.25) is 9.59 Å². The molecule has 1 unspecified atom stereocenters. The molecule has 5 nitrogen and oxygen atoms in total. The Bertz CT molecular complexity index is 209. The van der Waals surface area contributed by atoms with Crippen molar-refractivity contribution in [3.05, 3.63) is 0 Å². The van der Waals surface area contributed by atoms with Crippen LogP contribution < -0.4 is 0 Å². The summed E-state index contributed by atoms with van der Waals surface area (Å²) < 4.78 is 8.78. The maximum absolute atomic E-state index is 10.9. The fraction of sp³-hybridized carbons (Fsp3) is 0.571. The van der Waals surface area contributed by atoms with Crippen molar-refractivity contribution < 1.29 is 23.9 Å². The van der Waals surface area contributed by atoms with Crippen LogP contribution in [0.1, 0.15) is 13.3 Å². The summed E-state index contributed by atoms with van der Waals surface area (Å²) in [5.41, 5.74) is 0. The number of carbonyl (C=O) groups excluding carboxylic acids is 3. The molecule has 0 aliphatic heterocycles. The summed E-state index contributed by atoms with van der Waals surface area (Å²) >= 11 is 5.02. The first-order chi connectivity index (χ1) is 5.97. The topological polar surface area (TPSA) is 69.7 Å². The number of hydrogen-bond donors (Lipinski definition) is 0. The van der Waals surface area contributed by atoms with Crippen LogP contribution in [0.15, 0.2) is 0 Å². The van der Waals surface area contributed by atoms with Crippen molar-refractivity contribution >= 4 is 28.8 Å². The predicted molar refractivity (Wildman–Crippen MR) is 43.0 cm³/mol. The first kappa shape index (κ1) is 11.9. The van der Waals surface area contributed by atoms with E-state index in [1.54, 1.807) is 0 Å². The molecule has 0 aromatic heterocycles. The average Bonchev–Trinajstić information content (AvgIpc) is 2.00. The standard InChI is InChI=1S/C7H9ClO5/c1-4(9)13-5(3-6(8)10)7(11)12-2/h5H,3H2,1-2H3. The minimum absolute atomic E-state index is 0.381. The van der Waals surface area contributed by atoms with E-state index >= 15 is 0 Å². The van der Waals surface area contributed by atoms with E-state index in [9.17, 15) is 14.4 Å². The van der Waals surface area contributed by atoms with Crippen molar-refractivity contribution in [3.8, 4) is 0 Å². The summed E-state index contributed by atoms with van der Waals surface area (Å²) in [5.74, 6) is -1.47. The number of halogens is 1. The molecule has 0 rings (SSSR count). The van der Waals surface area contributed by atoms with E-state index in [0.29, 0.717) is 0 Å². The van der Waals surface area contributed by atoms with Gasteiger partial charge in [-0.25, -0.2) is 4.79 Å². The Kier molecular flexibility index (Phi) is 5.06. The summed E-state index contributed by atoms with van der Waals surface area (Å²) in [7, 11) is 1.12. The first-order valence-corrected chi connectivity index (χ1v) is 3.78. The van der Waals surface area contributed by atoms with Gasteiger partial charge in [0.25, 0.3) is 0 Å². The normalized spacial score (nSPS) is 11.6. The molecule has 6 heteroatoms. The van der Waals surface area contributed by atoms with Crippen molar-refractivity contribution in [3.63, 3.8) is 0 Å². The molecule has 0 spiro atoms. The molecule has 1 atom stereocenters. The van der Waals surface area contributed by atoms with E-state index in [1.807, 2.05) is 0 Å². The summed E-state index contributed by atoms with van der Waals surface area (Å²) in [6.45, 7) is 1.12. The Labute approximate surface area is 79.9 Å². The van der Waals surface area contributed by atoms with Crippen LogP contribution in [-0.2, 0) is 23.9 Å². The zero-order valence-electron chi connectivity index (χ0n) is 7.20. The quantitative estimate of drug-likeness (QED) is 0.489. The number of methoxy groups -OCH3 is 1. The first-order valence-electron chi connectivity index (χ1n) is 3.40. The van der Waals surface area contributed by atoms with Crippen LogP contribution in [0.2, 0.25) is 0 Å². The molecule has 0 aliphatic carbocycles. The minimum Gasteiger partial charge on any atom is -0.466 e. The average molecular weight is 209 g/mol. The Morgan fingerprint density at radius 1 is 1.38 bits per heavy atom. The van der Waals surface area contributed by atoms with Gasteiger partial charge in [-0.05, 0) is 11.6 Å². The number of esters is 2. The number of rotatable bonds is 4. The Hall–Kier alpha value is -1.10. The van der Waals surface area contributed by atoms with Gasteiger partial charge in [0.15, 0.2) is 0 Å². The molecule has 0 N–H and O–H groups in total. The predicted octanol–water partition coefficient (Wildman–Crippen LogP) is 0.247. The van der Waals surface area contributed by atoms with Crippen LogP contribution in [0.3, 0.4) is 0 Å². The molecule has 0 radical (unpaired) electrons. The van der Waals surface area contributed by atoms with Crippen molar-refractivity contribution in [2.45, 2.75) is 19.4 Å². The molecule has 0 saturated heterocycles. The molecular formula is C7H9ClO5. The van der Waals surface area contributed by atoms with E-state index in [2.05, 4.69) is 9.47 Å². The van der Waals surface area contributed by atoms with Crippen molar-refractivity contribution in [2.24, 2.45) is 0 Å². The van der Waals surface area contributed by atoms with Gasteiger partial charge in [-0.2, -0.15) is 0 Å². The van der Waals surface area contributed by atoms with Gasteiger partial charge in [0.05, 0.1) is 13.5 Å². The van der Waals surface area contributed by atoms with E-state index in [-0.39, 0.29) is 6.42 Å². The highest BCUT2D eigenvalue weighted by atomic mass is 35.5. The lowest BCUT2D eigenvalue weighted by Gasteiger charge is -2.11.